The number of benzene rings is 2. The van der Waals surface area contributed by atoms with E-state index in [9.17, 15) is 4.79 Å². The highest BCUT2D eigenvalue weighted by Crippen LogP contribution is 2.29. The molecule has 5 nitrogen and oxygen atoms in total. The monoisotopic (exact) mass is 370 g/mol. The molecule has 0 unspecified atom stereocenters. The Kier molecular flexibility index (Phi) is 4.65. The molecule has 4 aromatic rings. The summed E-state index contributed by atoms with van der Waals surface area (Å²) in [5.41, 5.74) is 4.76. The van der Waals surface area contributed by atoms with Crippen molar-refractivity contribution in [1.29, 1.82) is 0 Å². The van der Waals surface area contributed by atoms with E-state index in [1.165, 1.54) is 0 Å². The van der Waals surface area contributed by atoms with Crippen molar-refractivity contribution >= 4 is 22.6 Å². The van der Waals surface area contributed by atoms with Crippen molar-refractivity contribution in [1.82, 2.24) is 14.8 Å². The van der Waals surface area contributed by atoms with Gasteiger partial charge in [0.05, 0.1) is 22.3 Å². The highest BCUT2D eigenvalue weighted by atomic mass is 16.2. The lowest BCUT2D eigenvalue weighted by Crippen LogP contribution is -2.30. The lowest BCUT2D eigenvalue weighted by Gasteiger charge is -2.22. The number of hydrogen-bond acceptors (Lipinski definition) is 3. The first-order valence-corrected chi connectivity index (χ1v) is 9.37. The standard InChI is InChI=1S/C23H22N4O/c1-4-27(18-13-9-6-10-14-18)23(28)19-15-20(17-11-7-5-8-12-17)24-22-21(19)16(2)25-26(22)3/h5-15H,4H2,1-3H3. The van der Waals surface area contributed by atoms with Crippen LogP contribution < -0.4 is 4.90 Å². The molecule has 28 heavy (non-hydrogen) atoms. The summed E-state index contributed by atoms with van der Waals surface area (Å²) >= 11 is 0. The molecule has 0 fully saturated rings. The number of carbonyl (C=O) groups is 1. The molecule has 0 N–H and O–H groups in total. The minimum Gasteiger partial charge on any atom is -0.309 e. The van der Waals surface area contributed by atoms with Gasteiger partial charge in [-0.2, -0.15) is 5.10 Å². The van der Waals surface area contributed by atoms with E-state index in [4.69, 9.17) is 4.98 Å². The summed E-state index contributed by atoms with van der Waals surface area (Å²) in [6.07, 6.45) is 0. The second-order valence-corrected chi connectivity index (χ2v) is 6.71. The highest BCUT2D eigenvalue weighted by molar-refractivity contribution is 6.14. The summed E-state index contributed by atoms with van der Waals surface area (Å²) in [6.45, 7) is 4.48. The van der Waals surface area contributed by atoms with Crippen LogP contribution in [0.5, 0.6) is 0 Å². The third-order valence-corrected chi connectivity index (χ3v) is 4.90. The number of hydrogen-bond donors (Lipinski definition) is 0. The molecule has 2 aromatic heterocycles. The smallest absolute Gasteiger partial charge is 0.259 e. The lowest BCUT2D eigenvalue weighted by molar-refractivity contribution is 0.0990. The topological polar surface area (TPSA) is 51.0 Å². The van der Waals surface area contributed by atoms with Gasteiger partial charge in [-0.1, -0.05) is 48.5 Å². The van der Waals surface area contributed by atoms with Gasteiger partial charge in [-0.15, -0.1) is 0 Å². The van der Waals surface area contributed by atoms with Crippen LogP contribution in [-0.2, 0) is 7.05 Å². The van der Waals surface area contributed by atoms with E-state index in [2.05, 4.69) is 5.10 Å². The first-order chi connectivity index (χ1) is 13.6. The van der Waals surface area contributed by atoms with Crippen LogP contribution in [0.2, 0.25) is 0 Å². The van der Waals surface area contributed by atoms with E-state index in [0.29, 0.717) is 17.8 Å². The predicted octanol–water partition coefficient (Wildman–Crippen LogP) is 4.61. The van der Waals surface area contributed by atoms with Gasteiger partial charge in [-0.3, -0.25) is 9.48 Å². The maximum Gasteiger partial charge on any atom is 0.259 e. The minimum absolute atomic E-state index is 0.0469. The van der Waals surface area contributed by atoms with E-state index in [1.54, 1.807) is 9.58 Å². The van der Waals surface area contributed by atoms with Gasteiger partial charge in [0.25, 0.3) is 5.91 Å². The van der Waals surface area contributed by atoms with E-state index >= 15 is 0 Å². The quantitative estimate of drug-likeness (QED) is 0.527. The van der Waals surface area contributed by atoms with Gasteiger partial charge in [0.2, 0.25) is 0 Å². The molecule has 0 radical (unpaired) electrons. The molecule has 0 aliphatic carbocycles. The first-order valence-electron chi connectivity index (χ1n) is 9.37. The zero-order valence-corrected chi connectivity index (χ0v) is 16.3. The number of carbonyl (C=O) groups excluding carboxylic acids is 1. The molecule has 140 valence electrons. The number of amides is 1. The van der Waals surface area contributed by atoms with Crippen LogP contribution >= 0.6 is 0 Å². The van der Waals surface area contributed by atoms with E-state index in [0.717, 1.165) is 28.0 Å². The van der Waals surface area contributed by atoms with Crippen molar-refractivity contribution in [3.8, 4) is 11.3 Å². The van der Waals surface area contributed by atoms with Gasteiger partial charge >= 0.3 is 0 Å². The fourth-order valence-electron chi connectivity index (χ4n) is 3.57. The zero-order valence-electron chi connectivity index (χ0n) is 16.3. The largest absolute Gasteiger partial charge is 0.309 e. The van der Waals surface area contributed by atoms with Gasteiger partial charge in [0, 0.05) is 24.8 Å². The summed E-state index contributed by atoms with van der Waals surface area (Å²) in [5.74, 6) is -0.0469. The molecule has 1 amide bonds. The average Bonchev–Trinajstić information content (AvgIpc) is 3.03. The van der Waals surface area contributed by atoms with Crippen LogP contribution in [0.4, 0.5) is 5.69 Å². The number of anilines is 1. The molecular weight excluding hydrogens is 348 g/mol. The van der Waals surface area contributed by atoms with E-state index < -0.39 is 0 Å². The molecule has 2 aromatic carbocycles. The Hall–Kier alpha value is -3.47. The highest BCUT2D eigenvalue weighted by Gasteiger charge is 2.23. The molecule has 0 spiro atoms. The van der Waals surface area contributed by atoms with Gasteiger partial charge in [0.1, 0.15) is 0 Å². The summed E-state index contributed by atoms with van der Waals surface area (Å²) in [5, 5.41) is 5.32. The number of para-hydroxylation sites is 1. The zero-order chi connectivity index (χ0) is 19.7. The Balaban J connectivity index is 1.93. The van der Waals surface area contributed by atoms with Crippen molar-refractivity contribution < 1.29 is 4.79 Å². The van der Waals surface area contributed by atoms with Gasteiger partial charge in [0.15, 0.2) is 5.65 Å². The number of rotatable bonds is 4. The Bertz CT molecular complexity index is 1130. The van der Waals surface area contributed by atoms with Crippen LogP contribution in [0.1, 0.15) is 23.0 Å². The second kappa shape index (κ2) is 7.27. The van der Waals surface area contributed by atoms with Gasteiger partial charge in [-0.05, 0) is 32.0 Å². The van der Waals surface area contributed by atoms with Crippen LogP contribution in [0.15, 0.2) is 66.7 Å². The first kappa shape index (κ1) is 17.9. The van der Waals surface area contributed by atoms with Crippen molar-refractivity contribution in [3.63, 3.8) is 0 Å². The molecule has 4 rings (SSSR count). The maximum absolute atomic E-state index is 13.6. The predicted molar refractivity (Wildman–Crippen MR) is 112 cm³/mol. The van der Waals surface area contributed by atoms with Crippen molar-refractivity contribution in [2.45, 2.75) is 13.8 Å². The number of pyridine rings is 1. The molecular formula is C23H22N4O. The number of aromatic nitrogens is 3. The lowest BCUT2D eigenvalue weighted by atomic mass is 10.0. The second-order valence-electron chi connectivity index (χ2n) is 6.71. The molecule has 0 saturated heterocycles. The third-order valence-electron chi connectivity index (χ3n) is 4.90. The number of nitrogens with zero attached hydrogens (tertiary/aromatic N) is 4. The molecule has 0 saturated carbocycles. The van der Waals surface area contributed by atoms with Gasteiger partial charge in [-0.25, -0.2) is 4.98 Å². The van der Waals surface area contributed by atoms with Crippen molar-refractivity contribution in [2.75, 3.05) is 11.4 Å². The van der Waals surface area contributed by atoms with E-state index in [1.807, 2.05) is 87.6 Å². The third kappa shape index (κ3) is 3.05. The summed E-state index contributed by atoms with van der Waals surface area (Å²) in [7, 11) is 1.86. The molecule has 0 bridgehead atoms. The molecule has 0 aliphatic heterocycles. The fraction of sp³-hybridized carbons (Fsp3) is 0.174. The minimum atomic E-state index is -0.0469. The molecule has 5 heteroatoms. The fourth-order valence-corrected chi connectivity index (χ4v) is 3.57. The Labute approximate surface area is 164 Å². The van der Waals surface area contributed by atoms with Crippen LogP contribution in [-0.4, -0.2) is 27.2 Å². The maximum atomic E-state index is 13.6. The average molecular weight is 370 g/mol. The SMILES string of the molecule is CCN(C(=O)c1cc(-c2ccccc2)nc2c1c(C)nn2C)c1ccccc1. The van der Waals surface area contributed by atoms with E-state index in [-0.39, 0.29) is 5.91 Å². The molecule has 2 heterocycles. The number of fused-ring (bicyclic) bond motifs is 1. The van der Waals surface area contributed by atoms with Crippen molar-refractivity contribution in [3.05, 3.63) is 78.0 Å². The number of aryl methyl sites for hydroxylation is 2. The summed E-state index contributed by atoms with van der Waals surface area (Å²) < 4.78 is 1.74. The molecule has 0 atom stereocenters. The summed E-state index contributed by atoms with van der Waals surface area (Å²) in [6, 6.07) is 21.5. The van der Waals surface area contributed by atoms with Crippen LogP contribution in [0.25, 0.3) is 22.3 Å². The van der Waals surface area contributed by atoms with Crippen LogP contribution in [0.3, 0.4) is 0 Å². The Morgan fingerprint density at radius 3 is 2.32 bits per heavy atom. The normalized spacial score (nSPS) is 11.0. The van der Waals surface area contributed by atoms with Crippen molar-refractivity contribution in [2.24, 2.45) is 7.05 Å². The Morgan fingerprint density at radius 1 is 1.04 bits per heavy atom. The van der Waals surface area contributed by atoms with Gasteiger partial charge < -0.3 is 4.90 Å². The Morgan fingerprint density at radius 2 is 1.68 bits per heavy atom. The molecule has 0 aliphatic rings. The summed E-state index contributed by atoms with van der Waals surface area (Å²) in [4.78, 5) is 20.2. The van der Waals surface area contributed by atoms with Crippen LogP contribution in [0, 0.1) is 6.92 Å².